The number of ether oxygens (including phenoxy) is 2. The predicted octanol–water partition coefficient (Wildman–Crippen LogP) is 3.60. The number of sulfonamides is 1. The van der Waals surface area contributed by atoms with Crippen molar-refractivity contribution in [3.05, 3.63) is 89.5 Å². The zero-order valence-corrected chi connectivity index (χ0v) is 20.0. The Hall–Kier alpha value is -3.52. The maximum Gasteiger partial charge on any atom is 0.263 e. The molecule has 0 spiro atoms. The summed E-state index contributed by atoms with van der Waals surface area (Å²) in [6, 6.07) is 21.8. The zero-order chi connectivity index (χ0) is 24.1. The molecule has 1 aliphatic heterocycles. The molecule has 1 atom stereocenters. The first-order valence-corrected chi connectivity index (χ1v) is 12.7. The molecule has 0 bridgehead atoms. The first-order valence-electron chi connectivity index (χ1n) is 11.1. The van der Waals surface area contributed by atoms with Gasteiger partial charge in [0.05, 0.1) is 24.5 Å². The van der Waals surface area contributed by atoms with Crippen LogP contribution in [-0.4, -0.2) is 40.1 Å². The number of amides is 1. The van der Waals surface area contributed by atoms with Crippen molar-refractivity contribution in [1.82, 2.24) is 5.32 Å². The van der Waals surface area contributed by atoms with Gasteiger partial charge < -0.3 is 14.8 Å². The molecule has 0 radical (unpaired) electrons. The van der Waals surface area contributed by atoms with Crippen molar-refractivity contribution in [3.63, 3.8) is 0 Å². The van der Waals surface area contributed by atoms with Gasteiger partial charge in [0, 0.05) is 0 Å². The van der Waals surface area contributed by atoms with Crippen molar-refractivity contribution < 1.29 is 22.7 Å². The highest BCUT2D eigenvalue weighted by atomic mass is 32.2. The SMILES string of the molecule is Cc1ccc(C)c(OCCNC(=O)[C@H]2CN(S(=O)(=O)Cc3ccccc3)c3ccccc3O2)c1. The molecule has 4 rings (SSSR count). The minimum absolute atomic E-state index is 0.101. The predicted molar refractivity (Wildman–Crippen MR) is 132 cm³/mol. The van der Waals surface area contributed by atoms with Gasteiger partial charge in [0.15, 0.2) is 6.10 Å². The molecule has 1 N–H and O–H groups in total. The third-order valence-electron chi connectivity index (χ3n) is 5.56. The Morgan fingerprint density at radius 3 is 2.59 bits per heavy atom. The van der Waals surface area contributed by atoms with Gasteiger partial charge >= 0.3 is 0 Å². The van der Waals surface area contributed by atoms with Crippen LogP contribution in [0, 0.1) is 13.8 Å². The van der Waals surface area contributed by atoms with Gasteiger partial charge in [0.1, 0.15) is 18.1 Å². The van der Waals surface area contributed by atoms with Crippen LogP contribution in [0.4, 0.5) is 5.69 Å². The van der Waals surface area contributed by atoms with E-state index in [1.54, 1.807) is 48.5 Å². The molecule has 8 heteroatoms. The van der Waals surface area contributed by atoms with Crippen molar-refractivity contribution >= 4 is 21.6 Å². The third-order valence-corrected chi connectivity index (χ3v) is 7.27. The van der Waals surface area contributed by atoms with Crippen LogP contribution in [0.5, 0.6) is 11.5 Å². The van der Waals surface area contributed by atoms with E-state index < -0.39 is 16.1 Å². The Bertz CT molecular complexity index is 1260. The largest absolute Gasteiger partial charge is 0.491 e. The summed E-state index contributed by atoms with van der Waals surface area (Å²) >= 11 is 0. The van der Waals surface area contributed by atoms with Crippen LogP contribution in [0.25, 0.3) is 0 Å². The number of carbonyl (C=O) groups is 1. The second-order valence-electron chi connectivity index (χ2n) is 8.26. The van der Waals surface area contributed by atoms with Crippen LogP contribution in [0.1, 0.15) is 16.7 Å². The van der Waals surface area contributed by atoms with Gasteiger partial charge in [-0.2, -0.15) is 0 Å². The number of fused-ring (bicyclic) bond motifs is 1. The van der Waals surface area contributed by atoms with Crippen molar-refractivity contribution in [3.8, 4) is 11.5 Å². The van der Waals surface area contributed by atoms with Crippen LogP contribution in [0.2, 0.25) is 0 Å². The summed E-state index contributed by atoms with van der Waals surface area (Å²) in [7, 11) is -3.74. The lowest BCUT2D eigenvalue weighted by Gasteiger charge is -2.34. The number of hydrogen-bond acceptors (Lipinski definition) is 5. The maximum absolute atomic E-state index is 13.3. The molecule has 1 heterocycles. The molecular formula is C26H28N2O5S. The Morgan fingerprint density at radius 1 is 1.06 bits per heavy atom. The van der Waals surface area contributed by atoms with Crippen molar-refractivity contribution in [2.24, 2.45) is 0 Å². The monoisotopic (exact) mass is 480 g/mol. The lowest BCUT2D eigenvalue weighted by Crippen LogP contribution is -2.51. The summed E-state index contributed by atoms with van der Waals surface area (Å²) in [5.41, 5.74) is 3.22. The number of carbonyl (C=O) groups excluding carboxylic acids is 1. The van der Waals surface area contributed by atoms with E-state index in [1.165, 1.54) is 4.31 Å². The molecule has 178 valence electrons. The number of aryl methyl sites for hydroxylation is 2. The topological polar surface area (TPSA) is 84.9 Å². The quantitative estimate of drug-likeness (QED) is 0.498. The molecule has 1 amide bonds. The molecule has 3 aromatic carbocycles. The Morgan fingerprint density at radius 2 is 1.79 bits per heavy atom. The Labute approximate surface area is 200 Å². The smallest absolute Gasteiger partial charge is 0.263 e. The highest BCUT2D eigenvalue weighted by Crippen LogP contribution is 2.35. The zero-order valence-electron chi connectivity index (χ0n) is 19.2. The van der Waals surface area contributed by atoms with Crippen LogP contribution in [0.3, 0.4) is 0 Å². The molecule has 0 aliphatic carbocycles. The second-order valence-corrected chi connectivity index (χ2v) is 10.1. The first-order chi connectivity index (χ1) is 16.3. The van der Waals surface area contributed by atoms with Crippen LogP contribution < -0.4 is 19.1 Å². The average molecular weight is 481 g/mol. The van der Waals surface area contributed by atoms with Gasteiger partial charge in [-0.05, 0) is 48.7 Å². The van der Waals surface area contributed by atoms with E-state index in [9.17, 15) is 13.2 Å². The van der Waals surface area contributed by atoms with E-state index in [0.29, 0.717) is 17.0 Å². The summed E-state index contributed by atoms with van der Waals surface area (Å²) in [5.74, 6) is 0.576. The summed E-state index contributed by atoms with van der Waals surface area (Å²) in [6.07, 6.45) is -0.971. The highest BCUT2D eigenvalue weighted by Gasteiger charge is 2.36. The van der Waals surface area contributed by atoms with E-state index in [2.05, 4.69) is 5.32 Å². The number of para-hydroxylation sites is 2. The average Bonchev–Trinajstić information content (AvgIpc) is 2.83. The fraction of sp³-hybridized carbons (Fsp3) is 0.269. The number of nitrogens with zero attached hydrogens (tertiary/aromatic N) is 1. The minimum atomic E-state index is -3.74. The minimum Gasteiger partial charge on any atom is -0.491 e. The summed E-state index contributed by atoms with van der Waals surface area (Å²) in [4.78, 5) is 12.9. The fourth-order valence-electron chi connectivity index (χ4n) is 3.78. The van der Waals surface area contributed by atoms with Crippen molar-refractivity contribution in [1.29, 1.82) is 0 Å². The number of anilines is 1. The lowest BCUT2D eigenvalue weighted by molar-refractivity contribution is -0.127. The number of rotatable bonds is 8. The first kappa shape index (κ1) is 23.6. The van der Waals surface area contributed by atoms with Gasteiger partial charge in [0.25, 0.3) is 5.91 Å². The molecular weight excluding hydrogens is 452 g/mol. The van der Waals surface area contributed by atoms with Crippen molar-refractivity contribution in [2.75, 3.05) is 24.0 Å². The molecule has 0 saturated carbocycles. The standard InChI is InChI=1S/C26H28N2O5S/c1-19-12-13-20(2)24(16-19)32-15-14-27-26(29)25-17-28(22-10-6-7-11-23(22)33-25)34(30,31)18-21-8-4-3-5-9-21/h3-13,16,25H,14-15,17-18H2,1-2H3,(H,27,29)/t25-/m1/s1. The molecule has 0 unspecified atom stereocenters. The van der Waals surface area contributed by atoms with Gasteiger partial charge in [-0.3, -0.25) is 9.10 Å². The van der Waals surface area contributed by atoms with Gasteiger partial charge in [-0.15, -0.1) is 0 Å². The van der Waals surface area contributed by atoms with E-state index in [4.69, 9.17) is 9.47 Å². The highest BCUT2D eigenvalue weighted by molar-refractivity contribution is 7.92. The van der Waals surface area contributed by atoms with E-state index in [1.807, 2.05) is 38.1 Å². The number of benzene rings is 3. The second kappa shape index (κ2) is 10.2. The van der Waals surface area contributed by atoms with E-state index in [0.717, 1.165) is 16.9 Å². The van der Waals surface area contributed by atoms with E-state index in [-0.39, 0.29) is 31.4 Å². The Kier molecular flexibility index (Phi) is 7.07. The van der Waals surface area contributed by atoms with Crippen LogP contribution in [-0.2, 0) is 20.6 Å². The number of nitrogens with one attached hydrogen (secondary N) is 1. The normalized spacial score (nSPS) is 15.2. The Balaban J connectivity index is 1.42. The lowest BCUT2D eigenvalue weighted by atomic mass is 10.1. The fourth-order valence-corrected chi connectivity index (χ4v) is 5.36. The summed E-state index contributed by atoms with van der Waals surface area (Å²) in [6.45, 7) is 4.41. The molecule has 0 saturated heterocycles. The van der Waals surface area contributed by atoms with Gasteiger partial charge in [0.2, 0.25) is 10.0 Å². The molecule has 0 fully saturated rings. The molecule has 3 aromatic rings. The maximum atomic E-state index is 13.3. The number of hydrogen-bond donors (Lipinski definition) is 1. The molecule has 1 aliphatic rings. The van der Waals surface area contributed by atoms with Crippen molar-refractivity contribution in [2.45, 2.75) is 25.7 Å². The van der Waals surface area contributed by atoms with Gasteiger partial charge in [-0.25, -0.2) is 8.42 Å². The molecule has 7 nitrogen and oxygen atoms in total. The van der Waals surface area contributed by atoms with E-state index >= 15 is 0 Å². The summed E-state index contributed by atoms with van der Waals surface area (Å²) < 4.78 is 39.5. The van der Waals surface area contributed by atoms with Gasteiger partial charge in [-0.1, -0.05) is 54.6 Å². The van der Waals surface area contributed by atoms with Crippen LogP contribution in [0.15, 0.2) is 72.8 Å². The molecule has 0 aromatic heterocycles. The summed E-state index contributed by atoms with van der Waals surface area (Å²) in [5, 5.41) is 2.80. The third kappa shape index (κ3) is 5.51. The molecule has 34 heavy (non-hydrogen) atoms. The van der Waals surface area contributed by atoms with Crippen LogP contribution >= 0.6 is 0 Å².